The number of anilines is 1. The third-order valence-corrected chi connectivity index (χ3v) is 4.82. The van der Waals surface area contributed by atoms with Crippen molar-refractivity contribution < 1.29 is 4.79 Å². The van der Waals surface area contributed by atoms with Crippen LogP contribution in [0.3, 0.4) is 0 Å². The highest BCUT2D eigenvalue weighted by Crippen LogP contribution is 2.28. The number of nitrogens with zero attached hydrogens (tertiary/aromatic N) is 6. The van der Waals surface area contributed by atoms with Crippen LogP contribution < -0.4 is 4.90 Å². The Kier molecular flexibility index (Phi) is 4.41. The van der Waals surface area contributed by atoms with Gasteiger partial charge in [-0.3, -0.25) is 14.6 Å². The van der Waals surface area contributed by atoms with Gasteiger partial charge in [0.05, 0.1) is 5.69 Å². The second-order valence-corrected chi connectivity index (χ2v) is 6.22. The summed E-state index contributed by atoms with van der Waals surface area (Å²) in [5.41, 5.74) is 1.54. The molecule has 0 bridgehead atoms. The van der Waals surface area contributed by atoms with Gasteiger partial charge >= 0.3 is 0 Å². The molecule has 0 spiro atoms. The summed E-state index contributed by atoms with van der Waals surface area (Å²) in [6.07, 6.45) is 3.59. The number of likely N-dealkylation sites (tertiary alicyclic amines) is 1. The first-order valence-corrected chi connectivity index (χ1v) is 8.29. The minimum Gasteiger partial charge on any atom is -0.298 e. The molecule has 1 aliphatic heterocycles. The first-order chi connectivity index (χ1) is 11.6. The molecular weight excluding hydrogens is 324 g/mol. The van der Waals surface area contributed by atoms with E-state index in [1.165, 1.54) is 21.1 Å². The Morgan fingerprint density at radius 1 is 1.38 bits per heavy atom. The van der Waals surface area contributed by atoms with Crippen LogP contribution in [0.25, 0.3) is 11.4 Å². The van der Waals surface area contributed by atoms with Crippen LogP contribution in [0.5, 0.6) is 0 Å². The Labute approximate surface area is 143 Å². The van der Waals surface area contributed by atoms with E-state index in [0.29, 0.717) is 35.2 Å². The fourth-order valence-corrected chi connectivity index (χ4v) is 3.43. The quantitative estimate of drug-likeness (QED) is 0.794. The SMILES string of the molecule is CN(C(=O)[C@@H]1CCCN1C#N)c1nc(-c2cccc(C#N)n2)cs1. The first kappa shape index (κ1) is 15.9. The summed E-state index contributed by atoms with van der Waals surface area (Å²) in [5.74, 6) is -0.131. The van der Waals surface area contributed by atoms with Crippen molar-refractivity contribution in [1.29, 1.82) is 10.5 Å². The number of nitriles is 2. The molecule has 0 radical (unpaired) electrons. The maximum Gasteiger partial charge on any atom is 0.251 e. The number of pyridine rings is 1. The standard InChI is InChI=1S/C16H14N6OS/c1-21(15(23)14-6-3-7-22(14)10-18)16-20-13(9-24-16)12-5-2-4-11(8-17)19-12/h2,4-5,9,14H,3,6-7H2,1H3/t14-/m0/s1. The summed E-state index contributed by atoms with van der Waals surface area (Å²) in [7, 11) is 1.66. The summed E-state index contributed by atoms with van der Waals surface area (Å²) in [4.78, 5) is 24.3. The Bertz CT molecular complexity index is 849. The number of thiazole rings is 1. The minimum absolute atomic E-state index is 0.131. The van der Waals surface area contributed by atoms with Crippen LogP contribution >= 0.6 is 11.3 Å². The highest BCUT2D eigenvalue weighted by molar-refractivity contribution is 7.14. The van der Waals surface area contributed by atoms with Crippen molar-refractivity contribution >= 4 is 22.4 Å². The summed E-state index contributed by atoms with van der Waals surface area (Å²) in [6, 6.07) is 6.74. The van der Waals surface area contributed by atoms with E-state index in [2.05, 4.69) is 16.2 Å². The molecule has 24 heavy (non-hydrogen) atoms. The molecular formula is C16H14N6OS. The van der Waals surface area contributed by atoms with Crippen molar-refractivity contribution in [1.82, 2.24) is 14.9 Å². The van der Waals surface area contributed by atoms with Crippen LogP contribution in [0.15, 0.2) is 23.6 Å². The highest BCUT2D eigenvalue weighted by atomic mass is 32.1. The van der Waals surface area contributed by atoms with Gasteiger partial charge in [0, 0.05) is 19.0 Å². The number of rotatable bonds is 3. The summed E-state index contributed by atoms with van der Waals surface area (Å²) < 4.78 is 0. The molecule has 1 amide bonds. The number of likely N-dealkylation sites (N-methyl/N-ethyl adjacent to an activating group) is 1. The van der Waals surface area contributed by atoms with Gasteiger partial charge in [-0.1, -0.05) is 6.07 Å². The second kappa shape index (κ2) is 6.65. The number of hydrogen-bond donors (Lipinski definition) is 0. The van der Waals surface area contributed by atoms with Gasteiger partial charge in [-0.2, -0.15) is 10.5 Å². The van der Waals surface area contributed by atoms with Crippen LogP contribution in [-0.4, -0.2) is 40.4 Å². The van der Waals surface area contributed by atoms with Crippen molar-refractivity contribution in [3.05, 3.63) is 29.3 Å². The topological polar surface area (TPSA) is 96.9 Å². The van der Waals surface area contributed by atoms with E-state index in [4.69, 9.17) is 10.5 Å². The molecule has 3 heterocycles. The monoisotopic (exact) mass is 338 g/mol. The van der Waals surface area contributed by atoms with Crippen molar-refractivity contribution in [2.75, 3.05) is 18.5 Å². The molecule has 8 heteroatoms. The van der Waals surface area contributed by atoms with Crippen LogP contribution in [0, 0.1) is 22.8 Å². The smallest absolute Gasteiger partial charge is 0.251 e. The molecule has 1 saturated heterocycles. The zero-order chi connectivity index (χ0) is 17.1. The number of aromatic nitrogens is 2. The molecule has 0 N–H and O–H groups in total. The Hall–Kier alpha value is -2.97. The molecule has 0 saturated carbocycles. The van der Waals surface area contributed by atoms with Gasteiger partial charge in [0.2, 0.25) is 0 Å². The second-order valence-electron chi connectivity index (χ2n) is 5.38. The predicted octanol–water partition coefficient (Wildman–Crippen LogP) is 1.99. The molecule has 2 aromatic heterocycles. The normalized spacial score (nSPS) is 16.5. The van der Waals surface area contributed by atoms with Gasteiger partial charge in [-0.15, -0.1) is 11.3 Å². The van der Waals surface area contributed by atoms with Gasteiger partial charge in [0.1, 0.15) is 23.5 Å². The van der Waals surface area contributed by atoms with Crippen molar-refractivity contribution in [2.24, 2.45) is 0 Å². The molecule has 0 aromatic carbocycles. The maximum atomic E-state index is 12.6. The van der Waals surface area contributed by atoms with Crippen molar-refractivity contribution in [2.45, 2.75) is 18.9 Å². The number of hydrogen-bond acceptors (Lipinski definition) is 7. The molecule has 0 aliphatic carbocycles. The van der Waals surface area contributed by atoms with Gasteiger partial charge in [-0.05, 0) is 25.0 Å². The molecule has 1 atom stereocenters. The summed E-state index contributed by atoms with van der Waals surface area (Å²) in [6.45, 7) is 0.620. The van der Waals surface area contributed by atoms with Crippen LogP contribution in [0.4, 0.5) is 5.13 Å². The van der Waals surface area contributed by atoms with Crippen LogP contribution in [-0.2, 0) is 4.79 Å². The van der Waals surface area contributed by atoms with E-state index in [0.717, 1.165) is 6.42 Å². The highest BCUT2D eigenvalue weighted by Gasteiger charge is 2.33. The zero-order valence-corrected chi connectivity index (χ0v) is 13.8. The Morgan fingerprint density at radius 3 is 2.96 bits per heavy atom. The lowest BCUT2D eigenvalue weighted by Crippen LogP contribution is -2.42. The molecule has 3 rings (SSSR count). The molecule has 120 valence electrons. The van der Waals surface area contributed by atoms with Gasteiger partial charge < -0.3 is 0 Å². The average Bonchev–Trinajstić information content (AvgIpc) is 3.29. The fraction of sp³-hybridized carbons (Fsp3) is 0.312. The minimum atomic E-state index is -0.410. The fourth-order valence-electron chi connectivity index (χ4n) is 2.64. The molecule has 2 aromatic rings. The summed E-state index contributed by atoms with van der Waals surface area (Å²) >= 11 is 1.33. The van der Waals surface area contributed by atoms with E-state index >= 15 is 0 Å². The van der Waals surface area contributed by atoms with E-state index < -0.39 is 6.04 Å². The Morgan fingerprint density at radius 2 is 2.21 bits per heavy atom. The van der Waals surface area contributed by atoms with Crippen LogP contribution in [0.2, 0.25) is 0 Å². The van der Waals surface area contributed by atoms with E-state index in [1.807, 2.05) is 6.07 Å². The van der Waals surface area contributed by atoms with E-state index in [9.17, 15) is 4.79 Å². The lowest BCUT2D eigenvalue weighted by atomic mass is 10.2. The average molecular weight is 338 g/mol. The largest absolute Gasteiger partial charge is 0.298 e. The predicted molar refractivity (Wildman–Crippen MR) is 88.8 cm³/mol. The van der Waals surface area contributed by atoms with Crippen LogP contribution in [0.1, 0.15) is 18.5 Å². The number of carbonyl (C=O) groups is 1. The Balaban J connectivity index is 1.81. The van der Waals surface area contributed by atoms with Gasteiger partial charge in [0.25, 0.3) is 5.91 Å². The van der Waals surface area contributed by atoms with E-state index in [1.54, 1.807) is 30.6 Å². The van der Waals surface area contributed by atoms with E-state index in [-0.39, 0.29) is 5.91 Å². The lowest BCUT2D eigenvalue weighted by molar-refractivity contribution is -0.121. The zero-order valence-electron chi connectivity index (χ0n) is 13.0. The lowest BCUT2D eigenvalue weighted by Gasteiger charge is -2.22. The third-order valence-electron chi connectivity index (χ3n) is 3.90. The molecule has 1 aliphatic rings. The van der Waals surface area contributed by atoms with Gasteiger partial charge in [-0.25, -0.2) is 9.97 Å². The molecule has 0 unspecified atom stereocenters. The third kappa shape index (κ3) is 2.92. The van der Waals surface area contributed by atoms with Crippen molar-refractivity contribution in [3.63, 3.8) is 0 Å². The molecule has 1 fully saturated rings. The van der Waals surface area contributed by atoms with Crippen molar-refractivity contribution in [3.8, 4) is 23.7 Å². The molecule has 7 nitrogen and oxygen atoms in total. The summed E-state index contributed by atoms with van der Waals surface area (Å²) in [5, 5.41) is 20.4. The number of carbonyl (C=O) groups excluding carboxylic acids is 1. The number of amides is 1. The first-order valence-electron chi connectivity index (χ1n) is 7.41. The maximum absolute atomic E-state index is 12.6. The van der Waals surface area contributed by atoms with Gasteiger partial charge in [0.15, 0.2) is 11.3 Å².